The summed E-state index contributed by atoms with van der Waals surface area (Å²) in [5.41, 5.74) is 0. The maximum atomic E-state index is 13.1. The van der Waals surface area contributed by atoms with E-state index in [0.29, 0.717) is 25.7 Å². The monoisotopic (exact) mass is 1580 g/mol. The molecule has 0 aliphatic carbocycles. The number of hydrogen-bond donors (Lipinski definition) is 3. The molecule has 0 bridgehead atoms. The molecule has 626 valence electrons. The van der Waals surface area contributed by atoms with E-state index in [1.54, 1.807) is 0 Å². The van der Waals surface area contributed by atoms with E-state index in [1.807, 2.05) is 0 Å². The van der Waals surface area contributed by atoms with E-state index in [0.717, 1.165) is 205 Å². The number of phosphoric ester groups is 2. The minimum Gasteiger partial charge on any atom is -0.462 e. The van der Waals surface area contributed by atoms with E-state index in [4.69, 9.17) is 37.0 Å². The largest absolute Gasteiger partial charge is 0.472 e. The highest BCUT2D eigenvalue weighted by Gasteiger charge is 2.30. The van der Waals surface area contributed by atoms with Gasteiger partial charge in [0.05, 0.1) is 26.4 Å². The second-order valence-corrected chi connectivity index (χ2v) is 30.5. The number of allylic oxidation sites excluding steroid dienone is 28. The van der Waals surface area contributed by atoms with Crippen molar-refractivity contribution in [3.05, 3.63) is 170 Å². The van der Waals surface area contributed by atoms with Crippen molar-refractivity contribution in [2.45, 2.75) is 341 Å². The second-order valence-electron chi connectivity index (χ2n) is 27.6. The van der Waals surface area contributed by atoms with E-state index in [2.05, 4.69) is 198 Å². The first-order chi connectivity index (χ1) is 53.7. The Kier molecular flexibility index (Phi) is 77.3. The third-order valence-electron chi connectivity index (χ3n) is 17.2. The summed E-state index contributed by atoms with van der Waals surface area (Å²) in [5, 5.41) is 10.7. The first-order valence-corrected chi connectivity index (χ1v) is 45.4. The van der Waals surface area contributed by atoms with Gasteiger partial charge in [0.25, 0.3) is 0 Å². The highest BCUT2D eigenvalue weighted by atomic mass is 31.2. The zero-order valence-corrected chi connectivity index (χ0v) is 70.4. The second kappa shape index (κ2) is 81.4. The SMILES string of the molecule is CC/C=C\C/C=C\C/C=C\C/C=C\C/C=C\CCCCCC(=O)OCC(COP(=O)(O)OCC(O)COP(=O)(O)OCC(COC(=O)CCCCC/C=C\C/C=C\C/C=C\C/C=C\C/C=C\CC)OC(=O)CCCCCCCCC/C=C\C/C=C\C/C=C\CC)OC(=O)CCCCCCC/C=C\CCCCCCCC. The molecular weight excluding hydrogens is 1430 g/mol. The normalized spacial score (nSPS) is 14.6. The molecule has 0 radical (unpaired) electrons. The molecule has 0 rings (SSSR count). The van der Waals surface area contributed by atoms with E-state index in [-0.39, 0.29) is 25.7 Å². The number of hydrogen-bond acceptors (Lipinski definition) is 15. The van der Waals surface area contributed by atoms with Crippen LogP contribution in [0.4, 0.5) is 0 Å². The maximum Gasteiger partial charge on any atom is 0.472 e. The number of ether oxygens (including phenoxy) is 4. The molecule has 5 unspecified atom stereocenters. The summed E-state index contributed by atoms with van der Waals surface area (Å²) in [6.45, 7) is 4.45. The van der Waals surface area contributed by atoms with Gasteiger partial charge in [-0.2, -0.15) is 0 Å². The number of rotatable bonds is 78. The predicted molar refractivity (Wildman–Crippen MR) is 454 cm³/mol. The van der Waals surface area contributed by atoms with Gasteiger partial charge in [-0.05, 0) is 173 Å². The van der Waals surface area contributed by atoms with Crippen LogP contribution in [0.1, 0.15) is 323 Å². The summed E-state index contributed by atoms with van der Waals surface area (Å²) in [5.74, 6) is -2.27. The average molecular weight is 1580 g/mol. The van der Waals surface area contributed by atoms with Gasteiger partial charge in [0.1, 0.15) is 19.3 Å². The van der Waals surface area contributed by atoms with Crippen LogP contribution < -0.4 is 0 Å². The smallest absolute Gasteiger partial charge is 0.462 e. The lowest BCUT2D eigenvalue weighted by molar-refractivity contribution is -0.161. The molecule has 0 saturated heterocycles. The van der Waals surface area contributed by atoms with Crippen molar-refractivity contribution in [2.24, 2.45) is 0 Å². The Bertz CT molecular complexity index is 2750. The molecule has 0 fully saturated rings. The fraction of sp³-hybridized carbons (Fsp3) is 0.648. The fourth-order valence-corrected chi connectivity index (χ4v) is 12.4. The van der Waals surface area contributed by atoms with Crippen molar-refractivity contribution in [3.63, 3.8) is 0 Å². The Labute approximate surface area is 667 Å². The molecule has 0 spiro atoms. The highest BCUT2D eigenvalue weighted by molar-refractivity contribution is 7.47. The molecule has 19 heteroatoms. The summed E-state index contributed by atoms with van der Waals surface area (Å²) in [4.78, 5) is 73.3. The van der Waals surface area contributed by atoms with E-state index in [1.165, 1.54) is 38.5 Å². The van der Waals surface area contributed by atoms with Crippen LogP contribution in [0, 0.1) is 0 Å². The van der Waals surface area contributed by atoms with Crippen molar-refractivity contribution >= 4 is 39.5 Å². The number of aliphatic hydroxyl groups excluding tert-OH is 1. The van der Waals surface area contributed by atoms with Crippen molar-refractivity contribution in [1.82, 2.24) is 0 Å². The summed E-state index contributed by atoms with van der Waals surface area (Å²) < 4.78 is 68.8. The van der Waals surface area contributed by atoms with Crippen LogP contribution in [-0.4, -0.2) is 96.7 Å². The number of carbonyl (C=O) groups is 4. The zero-order chi connectivity index (χ0) is 80.3. The van der Waals surface area contributed by atoms with Gasteiger partial charge in [-0.25, -0.2) is 9.13 Å². The lowest BCUT2D eigenvalue weighted by Gasteiger charge is -2.21. The van der Waals surface area contributed by atoms with Crippen LogP contribution >= 0.6 is 15.6 Å². The molecule has 0 aliphatic rings. The lowest BCUT2D eigenvalue weighted by atomic mass is 10.1. The van der Waals surface area contributed by atoms with E-state index >= 15 is 0 Å². The fourth-order valence-electron chi connectivity index (χ4n) is 10.8. The first-order valence-electron chi connectivity index (χ1n) is 42.4. The molecule has 17 nitrogen and oxygen atoms in total. The maximum absolute atomic E-state index is 13.1. The minimum atomic E-state index is -5.00. The molecule has 0 heterocycles. The molecule has 0 aliphatic heterocycles. The van der Waals surface area contributed by atoms with Crippen molar-refractivity contribution in [1.29, 1.82) is 0 Å². The third kappa shape index (κ3) is 80.5. The van der Waals surface area contributed by atoms with Crippen LogP contribution in [0.2, 0.25) is 0 Å². The molecule has 0 aromatic rings. The molecule has 0 aromatic heterocycles. The summed E-state index contributed by atoms with van der Waals surface area (Å²) in [6.07, 6.45) is 97.4. The van der Waals surface area contributed by atoms with Crippen LogP contribution in [0.15, 0.2) is 170 Å². The van der Waals surface area contributed by atoms with Gasteiger partial charge in [-0.15, -0.1) is 0 Å². The summed E-state index contributed by atoms with van der Waals surface area (Å²) in [6, 6.07) is 0. The Balaban J connectivity index is 5.46. The lowest BCUT2D eigenvalue weighted by Crippen LogP contribution is -2.30. The van der Waals surface area contributed by atoms with Gasteiger partial charge in [-0.3, -0.25) is 37.3 Å². The van der Waals surface area contributed by atoms with Gasteiger partial charge in [-0.1, -0.05) is 294 Å². The number of esters is 4. The van der Waals surface area contributed by atoms with Gasteiger partial charge >= 0.3 is 39.5 Å². The zero-order valence-electron chi connectivity index (χ0n) is 68.6. The molecule has 0 amide bonds. The summed E-state index contributed by atoms with van der Waals surface area (Å²) >= 11 is 0. The Morgan fingerprint density at radius 2 is 0.473 bits per heavy atom. The van der Waals surface area contributed by atoms with Crippen LogP contribution in [0.25, 0.3) is 0 Å². The Hall–Kier alpha value is -5.58. The highest BCUT2D eigenvalue weighted by Crippen LogP contribution is 2.45. The molecule has 5 atom stereocenters. The minimum absolute atomic E-state index is 0.0695. The van der Waals surface area contributed by atoms with Gasteiger partial charge in [0, 0.05) is 25.7 Å². The number of aliphatic hydroxyl groups is 1. The quantitative estimate of drug-likeness (QED) is 0.0169. The Morgan fingerprint density at radius 1 is 0.264 bits per heavy atom. The van der Waals surface area contributed by atoms with Gasteiger partial charge in [0.2, 0.25) is 0 Å². The number of carbonyl (C=O) groups excluding carboxylic acids is 4. The molecule has 3 N–H and O–H groups in total. The number of phosphoric acid groups is 2. The van der Waals surface area contributed by atoms with Gasteiger partial charge in [0.15, 0.2) is 12.2 Å². The molecular formula is C91H150O17P2. The van der Waals surface area contributed by atoms with Crippen molar-refractivity contribution < 1.29 is 80.2 Å². The molecule has 110 heavy (non-hydrogen) atoms. The van der Waals surface area contributed by atoms with Crippen molar-refractivity contribution in [3.8, 4) is 0 Å². The van der Waals surface area contributed by atoms with Crippen molar-refractivity contribution in [2.75, 3.05) is 39.6 Å². The standard InChI is InChI=1S/C91H150O17P2/c1-5-9-13-17-21-25-29-33-37-40-42-45-48-51-55-59-63-67-71-75-88(93)101-81-86(107-90(95)77-73-69-65-61-57-53-47-36-32-28-24-20-16-12-8-4)83-105-109(97,98)103-79-85(92)80-104-110(99,100)106-84-87(108-91(96)78-74-70-66-62-58-54-50-44-39-35-31-27-23-19-15-11-7-3)82-102-89(94)76-72-68-64-60-56-52-49-46-43-41-38-34-30-26-22-18-14-10-6-2/h9-11,13-15,21-23,25-27,33-39,42-43,45-47,51-52,55-56,85-87,92H,5-8,12,16-20,24,28-32,40-41,44,48-50,53-54,57-84H2,1-4H3,(H,97,98)(H,99,100)/b13-9-,14-10-,15-11-,25-21-,26-22-,27-23-,37-33-,38-34-,39-35-,45-42-,46-43-,47-36-,55-51-,56-52-. The molecule has 0 aromatic carbocycles. The Morgan fingerprint density at radius 3 is 0.745 bits per heavy atom. The van der Waals surface area contributed by atoms with E-state index in [9.17, 15) is 43.2 Å². The molecule has 0 saturated carbocycles. The average Bonchev–Trinajstić information content (AvgIpc) is 0.899. The van der Waals surface area contributed by atoms with Crippen LogP contribution in [0.5, 0.6) is 0 Å². The topological polar surface area (TPSA) is 237 Å². The third-order valence-corrected chi connectivity index (χ3v) is 19.1. The van der Waals surface area contributed by atoms with E-state index < -0.39 is 97.5 Å². The van der Waals surface area contributed by atoms with Gasteiger partial charge < -0.3 is 33.8 Å². The van der Waals surface area contributed by atoms with Crippen LogP contribution in [0.3, 0.4) is 0 Å². The predicted octanol–water partition coefficient (Wildman–Crippen LogP) is 25.3. The number of unbranched alkanes of at least 4 members (excludes halogenated alkanes) is 24. The summed E-state index contributed by atoms with van der Waals surface area (Å²) in [7, 11) is -10.0. The van der Waals surface area contributed by atoms with Crippen LogP contribution in [-0.2, 0) is 65.4 Å². The first kappa shape index (κ1) is 104.